The van der Waals surface area contributed by atoms with Crippen LogP contribution in [0.1, 0.15) is 57.4 Å². The van der Waals surface area contributed by atoms with Gasteiger partial charge in [-0.1, -0.05) is 12.8 Å². The van der Waals surface area contributed by atoms with Crippen molar-refractivity contribution in [1.82, 2.24) is 24.6 Å². The number of likely N-dealkylation sites (tertiary alicyclic amines) is 2. The molecule has 7 nitrogen and oxygen atoms in total. The van der Waals surface area contributed by atoms with Crippen molar-refractivity contribution in [3.63, 3.8) is 0 Å². The van der Waals surface area contributed by atoms with E-state index in [4.69, 9.17) is 0 Å². The van der Waals surface area contributed by atoms with Crippen LogP contribution < -0.4 is 0 Å². The maximum absolute atomic E-state index is 13.0. The van der Waals surface area contributed by atoms with E-state index in [-0.39, 0.29) is 17.7 Å². The number of rotatable bonds is 3. The van der Waals surface area contributed by atoms with Crippen LogP contribution in [-0.4, -0.2) is 62.1 Å². The SMILES string of the molecule is O=C(C1CCC(=O)N(C2CCCC2)C1)N1CCC(n2cnnc2)CC1. The fourth-order valence-corrected chi connectivity index (χ4v) is 4.68. The Bertz CT molecular complexity index is 603. The molecule has 0 radical (unpaired) electrons. The third-order valence-electron chi connectivity index (χ3n) is 6.19. The summed E-state index contributed by atoms with van der Waals surface area (Å²) in [5, 5.41) is 7.75. The highest BCUT2D eigenvalue weighted by Crippen LogP contribution is 2.30. The molecule has 3 heterocycles. The first-order chi connectivity index (χ1) is 12.2. The van der Waals surface area contributed by atoms with Gasteiger partial charge in [0.25, 0.3) is 0 Å². The summed E-state index contributed by atoms with van der Waals surface area (Å²) in [6.07, 6.45) is 11.3. The molecular formula is C18H27N5O2. The van der Waals surface area contributed by atoms with E-state index in [0.29, 0.717) is 31.5 Å². The van der Waals surface area contributed by atoms with E-state index in [1.54, 1.807) is 12.7 Å². The van der Waals surface area contributed by atoms with Crippen molar-refractivity contribution in [2.75, 3.05) is 19.6 Å². The third kappa shape index (κ3) is 3.41. The molecule has 0 N–H and O–H groups in total. The Hall–Kier alpha value is -1.92. The van der Waals surface area contributed by atoms with Gasteiger partial charge in [0, 0.05) is 38.1 Å². The Kier molecular flexibility index (Phi) is 4.72. The van der Waals surface area contributed by atoms with E-state index in [1.165, 1.54) is 12.8 Å². The van der Waals surface area contributed by atoms with Crippen molar-refractivity contribution in [1.29, 1.82) is 0 Å². The molecule has 0 spiro atoms. The van der Waals surface area contributed by atoms with E-state index >= 15 is 0 Å². The third-order valence-corrected chi connectivity index (χ3v) is 6.19. The van der Waals surface area contributed by atoms with Crippen LogP contribution in [0.5, 0.6) is 0 Å². The second kappa shape index (κ2) is 7.14. The van der Waals surface area contributed by atoms with E-state index in [9.17, 15) is 9.59 Å². The van der Waals surface area contributed by atoms with E-state index in [0.717, 1.165) is 38.8 Å². The molecule has 2 saturated heterocycles. The Morgan fingerprint density at radius 3 is 2.32 bits per heavy atom. The highest BCUT2D eigenvalue weighted by molar-refractivity contribution is 5.84. The van der Waals surface area contributed by atoms with Crippen LogP contribution in [0.2, 0.25) is 0 Å². The van der Waals surface area contributed by atoms with Crippen molar-refractivity contribution in [2.45, 2.75) is 63.5 Å². The van der Waals surface area contributed by atoms with Crippen LogP contribution in [0.4, 0.5) is 0 Å². The van der Waals surface area contributed by atoms with E-state index < -0.39 is 0 Å². The molecule has 2 aliphatic heterocycles. The van der Waals surface area contributed by atoms with Crippen molar-refractivity contribution in [2.24, 2.45) is 5.92 Å². The quantitative estimate of drug-likeness (QED) is 0.835. The summed E-state index contributed by atoms with van der Waals surface area (Å²) in [6, 6.07) is 0.768. The van der Waals surface area contributed by atoms with Gasteiger partial charge in [-0.05, 0) is 32.1 Å². The largest absolute Gasteiger partial charge is 0.342 e. The van der Waals surface area contributed by atoms with Crippen molar-refractivity contribution < 1.29 is 9.59 Å². The van der Waals surface area contributed by atoms with Crippen LogP contribution in [0.3, 0.4) is 0 Å². The summed E-state index contributed by atoms with van der Waals surface area (Å²) in [5.41, 5.74) is 0. The molecule has 1 atom stereocenters. The van der Waals surface area contributed by atoms with Gasteiger partial charge in [0.05, 0.1) is 5.92 Å². The first kappa shape index (κ1) is 16.5. The van der Waals surface area contributed by atoms with Crippen LogP contribution >= 0.6 is 0 Å². The number of hydrogen-bond donors (Lipinski definition) is 0. The van der Waals surface area contributed by atoms with Crippen LogP contribution in [0.15, 0.2) is 12.7 Å². The van der Waals surface area contributed by atoms with Gasteiger partial charge in [-0.15, -0.1) is 10.2 Å². The molecule has 1 unspecified atom stereocenters. The summed E-state index contributed by atoms with van der Waals surface area (Å²) < 4.78 is 2.04. The van der Waals surface area contributed by atoms with Gasteiger partial charge in [0.15, 0.2) is 0 Å². The molecule has 0 bridgehead atoms. The second-order valence-corrected chi connectivity index (χ2v) is 7.69. The lowest BCUT2D eigenvalue weighted by Gasteiger charge is -2.39. The summed E-state index contributed by atoms with van der Waals surface area (Å²) in [5.74, 6) is 0.490. The van der Waals surface area contributed by atoms with Gasteiger partial charge in [-0.2, -0.15) is 0 Å². The fraction of sp³-hybridized carbons (Fsp3) is 0.778. The summed E-state index contributed by atoms with van der Waals surface area (Å²) in [7, 11) is 0. The first-order valence-electron chi connectivity index (χ1n) is 9.65. The van der Waals surface area contributed by atoms with Crippen LogP contribution in [0.25, 0.3) is 0 Å². The molecule has 2 amide bonds. The first-order valence-corrected chi connectivity index (χ1v) is 9.65. The zero-order valence-corrected chi connectivity index (χ0v) is 14.7. The molecule has 0 aromatic carbocycles. The summed E-state index contributed by atoms with van der Waals surface area (Å²) >= 11 is 0. The second-order valence-electron chi connectivity index (χ2n) is 7.69. The Morgan fingerprint density at radius 2 is 1.64 bits per heavy atom. The lowest BCUT2D eigenvalue weighted by Crippen LogP contribution is -2.51. The molecule has 4 rings (SSSR count). The molecule has 1 saturated carbocycles. The van der Waals surface area contributed by atoms with Crippen LogP contribution in [-0.2, 0) is 9.59 Å². The zero-order chi connectivity index (χ0) is 17.2. The molecule has 1 aromatic heterocycles. The van der Waals surface area contributed by atoms with Gasteiger partial charge < -0.3 is 14.4 Å². The van der Waals surface area contributed by atoms with E-state index in [2.05, 4.69) is 10.2 Å². The minimum absolute atomic E-state index is 0.00948. The minimum Gasteiger partial charge on any atom is -0.342 e. The molecule has 7 heteroatoms. The zero-order valence-electron chi connectivity index (χ0n) is 14.7. The molecular weight excluding hydrogens is 318 g/mol. The van der Waals surface area contributed by atoms with Gasteiger partial charge in [0.1, 0.15) is 12.7 Å². The normalized spacial score (nSPS) is 26.4. The average Bonchev–Trinajstić information content (AvgIpc) is 3.35. The predicted molar refractivity (Wildman–Crippen MR) is 91.6 cm³/mol. The summed E-state index contributed by atoms with van der Waals surface area (Å²) in [4.78, 5) is 29.3. The smallest absolute Gasteiger partial charge is 0.227 e. The minimum atomic E-state index is -0.00948. The monoisotopic (exact) mass is 345 g/mol. The van der Waals surface area contributed by atoms with Gasteiger partial charge in [0.2, 0.25) is 11.8 Å². The summed E-state index contributed by atoms with van der Waals surface area (Å²) in [6.45, 7) is 2.21. The van der Waals surface area contributed by atoms with Crippen molar-refractivity contribution in [3.05, 3.63) is 12.7 Å². The van der Waals surface area contributed by atoms with Crippen molar-refractivity contribution in [3.8, 4) is 0 Å². The van der Waals surface area contributed by atoms with E-state index in [1.807, 2.05) is 14.4 Å². The van der Waals surface area contributed by atoms with Gasteiger partial charge in [-0.25, -0.2) is 0 Å². The maximum Gasteiger partial charge on any atom is 0.227 e. The standard InChI is InChI=1S/C18H27N5O2/c24-17-6-5-14(11-23(17)16-3-1-2-4-16)18(25)21-9-7-15(8-10-21)22-12-19-20-13-22/h12-16H,1-11H2. The molecule has 25 heavy (non-hydrogen) atoms. The molecule has 1 aliphatic carbocycles. The van der Waals surface area contributed by atoms with Gasteiger partial charge in [-0.3, -0.25) is 9.59 Å². The lowest BCUT2D eigenvalue weighted by molar-refractivity contribution is -0.145. The molecule has 1 aromatic rings. The highest BCUT2D eigenvalue weighted by Gasteiger charge is 2.37. The predicted octanol–water partition coefficient (Wildman–Crippen LogP) is 1.62. The Morgan fingerprint density at radius 1 is 0.960 bits per heavy atom. The number of carbonyl (C=O) groups excluding carboxylic acids is 2. The fourth-order valence-electron chi connectivity index (χ4n) is 4.68. The number of hydrogen-bond acceptors (Lipinski definition) is 4. The Labute approximate surface area is 148 Å². The molecule has 3 fully saturated rings. The number of carbonyl (C=O) groups is 2. The highest BCUT2D eigenvalue weighted by atomic mass is 16.2. The average molecular weight is 345 g/mol. The number of amides is 2. The number of piperidine rings is 2. The Balaban J connectivity index is 1.34. The van der Waals surface area contributed by atoms with Crippen molar-refractivity contribution >= 4 is 11.8 Å². The number of aromatic nitrogens is 3. The van der Waals surface area contributed by atoms with Gasteiger partial charge >= 0.3 is 0 Å². The van der Waals surface area contributed by atoms with Crippen LogP contribution in [0, 0.1) is 5.92 Å². The molecule has 3 aliphatic rings. The molecule has 136 valence electrons. The topological polar surface area (TPSA) is 71.3 Å². The number of nitrogens with zero attached hydrogens (tertiary/aromatic N) is 5. The maximum atomic E-state index is 13.0. The lowest BCUT2D eigenvalue weighted by atomic mass is 9.93.